The molecule has 1 atom stereocenters. The van der Waals surface area contributed by atoms with Crippen LogP contribution in [0.25, 0.3) is 0 Å². The van der Waals surface area contributed by atoms with Crippen LogP contribution in [0.3, 0.4) is 0 Å². The van der Waals surface area contributed by atoms with Gasteiger partial charge in [0, 0.05) is 23.9 Å². The molecule has 0 saturated heterocycles. The Hall–Kier alpha value is -2.17. The smallest absolute Gasteiger partial charge is 0.275 e. The second kappa shape index (κ2) is 5.23. The third-order valence-electron chi connectivity index (χ3n) is 4.54. The van der Waals surface area contributed by atoms with E-state index in [0.717, 1.165) is 24.2 Å². The average Bonchev–Trinajstić information content (AvgIpc) is 3.48. The summed E-state index contributed by atoms with van der Waals surface area (Å²) < 4.78 is 0. The van der Waals surface area contributed by atoms with Crippen LogP contribution >= 0.6 is 0 Å². The molecule has 0 spiro atoms. The fraction of sp³-hybridized carbons (Fsp3) is 0.471. The Kier molecular flexibility index (Phi) is 3.21. The molecule has 2 heterocycles. The van der Waals surface area contributed by atoms with Gasteiger partial charge in [0.15, 0.2) is 0 Å². The molecule has 1 amide bonds. The summed E-state index contributed by atoms with van der Waals surface area (Å²) in [6, 6.07) is 8.07. The maximum Gasteiger partial charge on any atom is 0.275 e. The largest absolute Gasteiger partial charge is 0.326 e. The monoisotopic (exact) mass is 296 g/mol. The third kappa shape index (κ3) is 2.51. The third-order valence-corrected chi connectivity index (χ3v) is 4.54. The molecule has 0 bridgehead atoms. The second-order valence-electron chi connectivity index (χ2n) is 6.36. The number of hydrogen-bond acceptors (Lipinski definition) is 3. The van der Waals surface area contributed by atoms with Crippen LogP contribution in [0.15, 0.2) is 30.5 Å². The van der Waals surface area contributed by atoms with E-state index in [1.165, 1.54) is 12.8 Å². The summed E-state index contributed by atoms with van der Waals surface area (Å²) in [7, 11) is 0. The van der Waals surface area contributed by atoms with Gasteiger partial charge in [-0.15, -0.1) is 0 Å². The summed E-state index contributed by atoms with van der Waals surface area (Å²) >= 11 is 0. The number of aromatic amines is 1. The first-order valence-electron chi connectivity index (χ1n) is 8.03. The van der Waals surface area contributed by atoms with Crippen molar-refractivity contribution in [3.05, 3.63) is 47.5 Å². The van der Waals surface area contributed by atoms with E-state index in [2.05, 4.69) is 15.2 Å². The number of pyridine rings is 1. The molecule has 2 aromatic heterocycles. The van der Waals surface area contributed by atoms with Crippen molar-refractivity contribution in [2.45, 2.75) is 50.6 Å². The number of nitrogens with one attached hydrogen (secondary N) is 1. The Bertz CT molecular complexity index is 673. The van der Waals surface area contributed by atoms with Gasteiger partial charge in [-0.3, -0.25) is 14.9 Å². The van der Waals surface area contributed by atoms with Crippen molar-refractivity contribution in [3.63, 3.8) is 0 Å². The van der Waals surface area contributed by atoms with Gasteiger partial charge in [-0.2, -0.15) is 5.10 Å². The molecular formula is C17H20N4O. The van der Waals surface area contributed by atoms with Crippen LogP contribution in [-0.4, -0.2) is 32.0 Å². The van der Waals surface area contributed by atoms with Gasteiger partial charge in [0.25, 0.3) is 5.91 Å². The van der Waals surface area contributed by atoms with Crippen LogP contribution in [0.5, 0.6) is 0 Å². The maximum absolute atomic E-state index is 12.9. The number of rotatable bonds is 5. The predicted octanol–water partition coefficient (Wildman–Crippen LogP) is 3.05. The lowest BCUT2D eigenvalue weighted by molar-refractivity contribution is 0.0664. The molecule has 0 aliphatic heterocycles. The van der Waals surface area contributed by atoms with Gasteiger partial charge in [0.1, 0.15) is 5.69 Å². The lowest BCUT2D eigenvalue weighted by Crippen LogP contribution is -2.36. The van der Waals surface area contributed by atoms with Crippen LogP contribution in [0, 0.1) is 0 Å². The molecule has 0 aromatic carbocycles. The zero-order valence-electron chi connectivity index (χ0n) is 12.7. The highest BCUT2D eigenvalue weighted by Crippen LogP contribution is 2.40. The van der Waals surface area contributed by atoms with Gasteiger partial charge in [0.05, 0.1) is 11.7 Å². The molecule has 2 aromatic rings. The number of carbonyl (C=O) groups excluding carboxylic acids is 1. The summed E-state index contributed by atoms with van der Waals surface area (Å²) in [5, 5.41) is 7.28. The van der Waals surface area contributed by atoms with Crippen LogP contribution in [0.4, 0.5) is 0 Å². The Balaban J connectivity index is 1.59. The molecule has 22 heavy (non-hydrogen) atoms. The van der Waals surface area contributed by atoms with Gasteiger partial charge < -0.3 is 4.90 Å². The molecule has 2 saturated carbocycles. The lowest BCUT2D eigenvalue weighted by atomic mass is 10.1. The van der Waals surface area contributed by atoms with Gasteiger partial charge in [-0.05, 0) is 50.8 Å². The molecule has 5 nitrogen and oxygen atoms in total. The number of carbonyl (C=O) groups is 1. The standard InChI is InChI=1S/C17H20N4O/c1-11(14-4-2-3-9-18-14)21(13-7-8-13)17(22)16-10-15(19-20-16)12-5-6-12/h2-4,9-13H,5-8H2,1H3,(H,19,20)/t11-/m1/s1. The second-order valence-corrected chi connectivity index (χ2v) is 6.36. The molecule has 2 aliphatic rings. The lowest BCUT2D eigenvalue weighted by Gasteiger charge is -2.28. The van der Waals surface area contributed by atoms with E-state index in [4.69, 9.17) is 0 Å². The van der Waals surface area contributed by atoms with Crippen molar-refractivity contribution in [1.82, 2.24) is 20.1 Å². The molecule has 0 unspecified atom stereocenters. The van der Waals surface area contributed by atoms with Crippen LogP contribution in [0.2, 0.25) is 0 Å². The first-order chi connectivity index (χ1) is 10.7. The molecule has 2 aliphatic carbocycles. The SMILES string of the molecule is C[C@H](c1ccccn1)N(C(=O)c1cc(C2CC2)[nH]n1)C1CC1. The van der Waals surface area contributed by atoms with Gasteiger partial charge >= 0.3 is 0 Å². The Labute approximate surface area is 129 Å². The highest BCUT2D eigenvalue weighted by molar-refractivity contribution is 5.93. The minimum absolute atomic E-state index is 0.0174. The highest BCUT2D eigenvalue weighted by atomic mass is 16.2. The van der Waals surface area contributed by atoms with E-state index >= 15 is 0 Å². The average molecular weight is 296 g/mol. The van der Waals surface area contributed by atoms with E-state index in [1.54, 1.807) is 6.20 Å². The van der Waals surface area contributed by atoms with E-state index in [1.807, 2.05) is 36.1 Å². The Morgan fingerprint density at radius 1 is 1.32 bits per heavy atom. The molecule has 1 N–H and O–H groups in total. The molecular weight excluding hydrogens is 276 g/mol. The van der Waals surface area contributed by atoms with Crippen molar-refractivity contribution in [1.29, 1.82) is 0 Å². The molecule has 114 valence electrons. The van der Waals surface area contributed by atoms with Crippen LogP contribution in [0.1, 0.15) is 66.4 Å². The number of aromatic nitrogens is 3. The summed E-state index contributed by atoms with van der Waals surface area (Å²) in [5.74, 6) is 0.598. The van der Waals surface area contributed by atoms with Crippen molar-refractivity contribution >= 4 is 5.91 Å². The first-order valence-corrected chi connectivity index (χ1v) is 8.03. The molecule has 0 radical (unpaired) electrons. The molecule has 2 fully saturated rings. The zero-order chi connectivity index (χ0) is 15.1. The quantitative estimate of drug-likeness (QED) is 0.922. The van der Waals surface area contributed by atoms with Crippen molar-refractivity contribution in [2.75, 3.05) is 0 Å². The number of H-pyrrole nitrogens is 1. The summed E-state index contributed by atoms with van der Waals surface area (Å²) in [6.45, 7) is 2.05. The molecule has 5 heteroatoms. The van der Waals surface area contributed by atoms with Gasteiger partial charge in [0.2, 0.25) is 0 Å². The fourth-order valence-corrected chi connectivity index (χ4v) is 2.96. The topological polar surface area (TPSA) is 61.9 Å². The minimum atomic E-state index is -0.0257. The highest BCUT2D eigenvalue weighted by Gasteiger charge is 2.38. The molecule has 4 rings (SSSR count). The Morgan fingerprint density at radius 2 is 2.14 bits per heavy atom. The summed E-state index contributed by atoms with van der Waals surface area (Å²) in [4.78, 5) is 19.3. The zero-order valence-corrected chi connectivity index (χ0v) is 12.7. The van der Waals surface area contributed by atoms with Crippen molar-refractivity contribution in [3.8, 4) is 0 Å². The summed E-state index contributed by atoms with van der Waals surface area (Å²) in [6.07, 6.45) is 6.33. The van der Waals surface area contributed by atoms with E-state index < -0.39 is 0 Å². The number of hydrogen-bond donors (Lipinski definition) is 1. The van der Waals surface area contributed by atoms with E-state index in [-0.39, 0.29) is 11.9 Å². The minimum Gasteiger partial charge on any atom is -0.326 e. The van der Waals surface area contributed by atoms with Crippen LogP contribution in [-0.2, 0) is 0 Å². The fourth-order valence-electron chi connectivity index (χ4n) is 2.96. The van der Waals surface area contributed by atoms with Gasteiger partial charge in [-0.1, -0.05) is 6.07 Å². The van der Waals surface area contributed by atoms with Gasteiger partial charge in [-0.25, -0.2) is 0 Å². The predicted molar refractivity (Wildman–Crippen MR) is 82.4 cm³/mol. The van der Waals surface area contributed by atoms with E-state index in [9.17, 15) is 4.79 Å². The number of amides is 1. The summed E-state index contributed by atoms with van der Waals surface area (Å²) in [5.41, 5.74) is 2.57. The van der Waals surface area contributed by atoms with Crippen molar-refractivity contribution in [2.24, 2.45) is 0 Å². The normalized spacial score (nSPS) is 19.0. The van der Waals surface area contributed by atoms with E-state index in [0.29, 0.717) is 17.7 Å². The Morgan fingerprint density at radius 3 is 2.77 bits per heavy atom. The van der Waals surface area contributed by atoms with Crippen LogP contribution < -0.4 is 0 Å². The van der Waals surface area contributed by atoms with Crippen molar-refractivity contribution < 1.29 is 4.79 Å². The first kappa shape index (κ1) is 13.5. The maximum atomic E-state index is 12.9. The number of nitrogens with zero attached hydrogens (tertiary/aromatic N) is 3.